The zero-order valence-electron chi connectivity index (χ0n) is 61.6. The number of rotatable bonds is 72. The Balaban J connectivity index is 5.26. The molecule has 0 aromatic rings. The second kappa shape index (κ2) is 64.4. The first kappa shape index (κ1) is 92.1. The van der Waals surface area contributed by atoms with E-state index in [1.807, 2.05) is 0 Å². The number of ether oxygens (including phenoxy) is 4. The van der Waals surface area contributed by atoms with Gasteiger partial charge in [0.2, 0.25) is 0 Å². The minimum atomic E-state index is -4.96. The zero-order valence-corrected chi connectivity index (χ0v) is 63.4. The Morgan fingerprint density at radius 1 is 0.298 bits per heavy atom. The van der Waals surface area contributed by atoms with Crippen molar-refractivity contribution in [3.8, 4) is 0 Å². The first-order valence-corrected chi connectivity index (χ1v) is 41.8. The van der Waals surface area contributed by atoms with Crippen LogP contribution in [0.1, 0.15) is 376 Å². The van der Waals surface area contributed by atoms with Gasteiger partial charge in [-0.05, 0) is 49.4 Å². The van der Waals surface area contributed by atoms with E-state index in [4.69, 9.17) is 37.0 Å². The highest BCUT2D eigenvalue weighted by molar-refractivity contribution is 7.47. The summed E-state index contributed by atoms with van der Waals surface area (Å²) in [5.41, 5.74) is 0. The minimum Gasteiger partial charge on any atom is -0.462 e. The average Bonchev–Trinajstić information content (AvgIpc) is 1.58. The lowest BCUT2D eigenvalue weighted by Crippen LogP contribution is -2.30. The molecule has 0 heterocycles. The van der Waals surface area contributed by atoms with E-state index < -0.39 is 97.5 Å². The minimum absolute atomic E-state index is 0.105. The zero-order chi connectivity index (χ0) is 69.6. The number of phosphoric ester groups is 2. The summed E-state index contributed by atoms with van der Waals surface area (Å²) in [7, 11) is -9.91. The number of unbranched alkanes of at least 4 members (excludes halogenated alkanes) is 36. The van der Waals surface area contributed by atoms with E-state index in [0.29, 0.717) is 25.7 Å². The number of hydrogen-bond donors (Lipinski definition) is 3. The third kappa shape index (κ3) is 66.0. The summed E-state index contributed by atoms with van der Waals surface area (Å²) in [6.07, 6.45) is 48.5. The van der Waals surface area contributed by atoms with E-state index in [0.717, 1.165) is 120 Å². The third-order valence-corrected chi connectivity index (χ3v) is 19.9. The van der Waals surface area contributed by atoms with Crippen molar-refractivity contribution < 1.29 is 80.2 Å². The monoisotopic (exact) mass is 1380 g/mol. The molecule has 0 fully saturated rings. The molecular formula is C75H146O17P2. The van der Waals surface area contributed by atoms with Crippen molar-refractivity contribution in [2.45, 2.75) is 395 Å². The standard InChI is InChI=1S/C75H146O17P2/c1-9-67(7)53-45-37-29-23-18-20-26-32-42-50-58-75(80)91-70(61-85-72(77)55-47-39-30-24-16-14-12-11-13-15-21-27-35-43-51-65(3)4)63-89-93(81,82)87-59-69(76)60-88-94(83,84)90-64-71(62-86-73(78)56-48-40-34-33-38-46-54-68(8)10-2)92-74(79)57-49-41-31-25-19-17-22-28-36-44-52-66(5)6/h65-71,76H,9-64H2,1-8H3,(H,81,82)(H,83,84)/t67?,68?,69-,70-,71-/m1/s1. The fourth-order valence-electron chi connectivity index (χ4n) is 11.3. The van der Waals surface area contributed by atoms with Crippen molar-refractivity contribution in [1.82, 2.24) is 0 Å². The molecule has 0 saturated carbocycles. The Kier molecular flexibility index (Phi) is 63.1. The molecule has 0 amide bonds. The highest BCUT2D eigenvalue weighted by Gasteiger charge is 2.30. The van der Waals surface area contributed by atoms with Gasteiger partial charge in [0.25, 0.3) is 0 Å². The molecule has 0 bridgehead atoms. The molecule has 7 atom stereocenters. The number of carbonyl (C=O) groups excluding carboxylic acids is 4. The fourth-order valence-corrected chi connectivity index (χ4v) is 12.9. The van der Waals surface area contributed by atoms with Gasteiger partial charge in [-0.25, -0.2) is 9.13 Å². The largest absolute Gasteiger partial charge is 0.472 e. The van der Waals surface area contributed by atoms with E-state index in [-0.39, 0.29) is 25.7 Å². The van der Waals surface area contributed by atoms with Crippen LogP contribution in [0.15, 0.2) is 0 Å². The Morgan fingerprint density at radius 2 is 0.511 bits per heavy atom. The first-order valence-electron chi connectivity index (χ1n) is 38.8. The van der Waals surface area contributed by atoms with Crippen molar-refractivity contribution >= 4 is 39.5 Å². The van der Waals surface area contributed by atoms with Crippen LogP contribution in [0.2, 0.25) is 0 Å². The molecule has 558 valence electrons. The van der Waals surface area contributed by atoms with Crippen LogP contribution >= 0.6 is 15.6 Å². The summed E-state index contributed by atoms with van der Waals surface area (Å²) in [5.74, 6) is 0.962. The van der Waals surface area contributed by atoms with E-state index >= 15 is 0 Å². The van der Waals surface area contributed by atoms with Crippen LogP contribution in [-0.4, -0.2) is 96.7 Å². The number of aliphatic hydroxyl groups is 1. The van der Waals surface area contributed by atoms with Crippen LogP contribution in [-0.2, 0) is 65.4 Å². The fraction of sp³-hybridized carbons (Fsp3) is 0.947. The molecule has 0 aliphatic carbocycles. The molecule has 0 aliphatic rings. The van der Waals surface area contributed by atoms with Gasteiger partial charge in [-0.15, -0.1) is 0 Å². The Hall–Kier alpha value is -1.94. The van der Waals surface area contributed by atoms with Gasteiger partial charge in [-0.3, -0.25) is 37.3 Å². The molecule has 0 saturated heterocycles. The van der Waals surface area contributed by atoms with Gasteiger partial charge < -0.3 is 33.8 Å². The molecule has 0 aliphatic heterocycles. The van der Waals surface area contributed by atoms with Gasteiger partial charge in [-0.1, -0.05) is 325 Å². The smallest absolute Gasteiger partial charge is 0.462 e. The second-order valence-electron chi connectivity index (χ2n) is 28.5. The predicted octanol–water partition coefficient (Wildman–Crippen LogP) is 21.7. The van der Waals surface area contributed by atoms with Gasteiger partial charge in [0.05, 0.1) is 26.4 Å². The van der Waals surface area contributed by atoms with Gasteiger partial charge in [0, 0.05) is 25.7 Å². The Labute approximate surface area is 575 Å². The van der Waals surface area contributed by atoms with Crippen molar-refractivity contribution in [2.75, 3.05) is 39.6 Å². The molecule has 3 N–H and O–H groups in total. The molecule has 0 aromatic carbocycles. The molecule has 4 unspecified atom stereocenters. The highest BCUT2D eigenvalue weighted by Crippen LogP contribution is 2.45. The van der Waals surface area contributed by atoms with Crippen molar-refractivity contribution in [2.24, 2.45) is 23.7 Å². The molecule has 17 nitrogen and oxygen atoms in total. The topological polar surface area (TPSA) is 237 Å². The van der Waals surface area contributed by atoms with Crippen LogP contribution in [0.4, 0.5) is 0 Å². The van der Waals surface area contributed by atoms with Crippen molar-refractivity contribution in [3.05, 3.63) is 0 Å². The maximum Gasteiger partial charge on any atom is 0.472 e. The lowest BCUT2D eigenvalue weighted by Gasteiger charge is -2.21. The molecule has 19 heteroatoms. The van der Waals surface area contributed by atoms with E-state index in [1.54, 1.807) is 0 Å². The number of phosphoric acid groups is 2. The lowest BCUT2D eigenvalue weighted by molar-refractivity contribution is -0.161. The summed E-state index contributed by atoms with van der Waals surface area (Å²) in [6.45, 7) is 14.2. The second-order valence-corrected chi connectivity index (χ2v) is 31.4. The van der Waals surface area contributed by atoms with Crippen LogP contribution in [0.5, 0.6) is 0 Å². The molecular weight excluding hydrogens is 1230 g/mol. The van der Waals surface area contributed by atoms with Crippen LogP contribution in [0, 0.1) is 23.7 Å². The van der Waals surface area contributed by atoms with Gasteiger partial charge >= 0.3 is 39.5 Å². The van der Waals surface area contributed by atoms with Crippen LogP contribution in [0.25, 0.3) is 0 Å². The molecule has 0 radical (unpaired) electrons. The van der Waals surface area contributed by atoms with Crippen molar-refractivity contribution in [3.63, 3.8) is 0 Å². The SMILES string of the molecule is CCC(C)CCCCCCCCCCCCC(=O)O[C@H](COC(=O)CCCCCCCCCCCCCCCCC(C)C)COP(=O)(O)OC[C@@H](O)COP(=O)(O)OC[C@@H](COC(=O)CCCCCCCCC(C)CC)OC(=O)CCCCCCCCCCCCC(C)C. The van der Waals surface area contributed by atoms with Crippen LogP contribution < -0.4 is 0 Å². The number of aliphatic hydroxyl groups excluding tert-OH is 1. The van der Waals surface area contributed by atoms with Crippen molar-refractivity contribution in [1.29, 1.82) is 0 Å². The predicted molar refractivity (Wildman–Crippen MR) is 381 cm³/mol. The summed E-state index contributed by atoms with van der Waals surface area (Å²) >= 11 is 0. The average molecular weight is 1380 g/mol. The summed E-state index contributed by atoms with van der Waals surface area (Å²) in [5, 5.41) is 10.6. The van der Waals surface area contributed by atoms with Gasteiger partial charge in [0.15, 0.2) is 12.2 Å². The van der Waals surface area contributed by atoms with Crippen LogP contribution in [0.3, 0.4) is 0 Å². The first-order chi connectivity index (χ1) is 45.2. The normalized spacial score (nSPS) is 14.7. The number of carbonyl (C=O) groups is 4. The highest BCUT2D eigenvalue weighted by atomic mass is 31.2. The molecule has 0 spiro atoms. The maximum absolute atomic E-state index is 13.1. The maximum atomic E-state index is 13.1. The third-order valence-electron chi connectivity index (χ3n) is 18.0. The quantitative estimate of drug-likeness (QED) is 0.0222. The van der Waals surface area contributed by atoms with E-state index in [9.17, 15) is 43.2 Å². The molecule has 0 rings (SSSR count). The Morgan fingerprint density at radius 3 is 0.755 bits per heavy atom. The lowest BCUT2D eigenvalue weighted by atomic mass is 9.99. The van der Waals surface area contributed by atoms with Gasteiger partial charge in [-0.2, -0.15) is 0 Å². The molecule has 0 aromatic heterocycles. The summed E-state index contributed by atoms with van der Waals surface area (Å²) < 4.78 is 68.5. The molecule has 94 heavy (non-hydrogen) atoms. The van der Waals surface area contributed by atoms with Gasteiger partial charge in [0.1, 0.15) is 19.3 Å². The summed E-state index contributed by atoms with van der Waals surface area (Å²) in [4.78, 5) is 72.8. The number of hydrogen-bond acceptors (Lipinski definition) is 15. The van der Waals surface area contributed by atoms with E-state index in [2.05, 4.69) is 55.4 Å². The van der Waals surface area contributed by atoms with E-state index in [1.165, 1.54) is 173 Å². The number of esters is 4. The Bertz CT molecular complexity index is 1850. The summed E-state index contributed by atoms with van der Waals surface area (Å²) in [6, 6.07) is 0.